The first-order chi connectivity index (χ1) is 6.81. The van der Waals surface area contributed by atoms with Crippen LogP contribution in [0.4, 0.5) is 0 Å². The lowest BCUT2D eigenvalue weighted by atomic mass is 10.4. The Hall–Kier alpha value is -0.870. The van der Waals surface area contributed by atoms with E-state index >= 15 is 0 Å². The number of thiophene rings is 2. The lowest BCUT2D eigenvalue weighted by Crippen LogP contribution is -2.03. The van der Waals surface area contributed by atoms with Gasteiger partial charge in [-0.2, -0.15) is 0 Å². The number of hydrogen-bond acceptors (Lipinski definition) is 4. The molecular weight excluding hydrogens is 216 g/mol. The molecule has 0 fully saturated rings. The minimum atomic E-state index is -0.194. The van der Waals surface area contributed by atoms with Gasteiger partial charge >= 0.3 is 5.97 Å². The maximum absolute atomic E-state index is 11.5. The minimum Gasteiger partial charge on any atom is -0.462 e. The van der Waals surface area contributed by atoms with Gasteiger partial charge in [-0.3, -0.25) is 0 Å². The summed E-state index contributed by atoms with van der Waals surface area (Å²) in [5.41, 5.74) is 0. The molecule has 2 heterocycles. The molecule has 0 aromatic carbocycles. The second-order valence-electron chi connectivity index (χ2n) is 2.90. The first-order valence-corrected chi connectivity index (χ1v) is 6.15. The van der Waals surface area contributed by atoms with Gasteiger partial charge in [0.05, 0.1) is 6.61 Å². The second kappa shape index (κ2) is 4.11. The Bertz CT molecular complexity index is 413. The number of carbonyl (C=O) groups is 1. The van der Waals surface area contributed by atoms with Crippen LogP contribution < -0.4 is 0 Å². The lowest BCUT2D eigenvalue weighted by molar-refractivity contribution is 0.0511. The summed E-state index contributed by atoms with van der Waals surface area (Å²) in [5, 5.41) is 2.03. The van der Waals surface area contributed by atoms with Crippen molar-refractivity contribution < 1.29 is 9.53 Å². The fourth-order valence-corrected chi connectivity index (χ4v) is 3.13. The molecule has 0 bridgehead atoms. The second-order valence-corrected chi connectivity index (χ2v) is 4.93. The topological polar surface area (TPSA) is 26.3 Å². The average Bonchev–Trinajstić information content (AvgIpc) is 2.72. The molecule has 0 spiro atoms. The van der Waals surface area contributed by atoms with Crippen molar-refractivity contribution in [3.63, 3.8) is 0 Å². The molecule has 0 saturated heterocycles. The zero-order valence-corrected chi connectivity index (χ0v) is 9.41. The molecule has 2 aromatic rings. The van der Waals surface area contributed by atoms with E-state index in [1.54, 1.807) is 11.3 Å². The summed E-state index contributed by atoms with van der Waals surface area (Å²) in [6.07, 6.45) is 0.867. The molecule has 0 amide bonds. The van der Waals surface area contributed by atoms with Gasteiger partial charge in [0.25, 0.3) is 0 Å². The summed E-state index contributed by atoms with van der Waals surface area (Å²) >= 11 is 3.15. The van der Waals surface area contributed by atoms with Gasteiger partial charge < -0.3 is 4.74 Å². The predicted molar refractivity (Wildman–Crippen MR) is 60.3 cm³/mol. The largest absolute Gasteiger partial charge is 0.462 e. The average molecular weight is 226 g/mol. The number of esters is 1. The van der Waals surface area contributed by atoms with Crippen LogP contribution >= 0.6 is 22.7 Å². The Balaban J connectivity index is 2.18. The fraction of sp³-hybridized carbons (Fsp3) is 0.300. The van der Waals surface area contributed by atoms with Crippen LogP contribution in [0.15, 0.2) is 17.5 Å². The maximum Gasteiger partial charge on any atom is 0.348 e. The molecule has 0 aliphatic heterocycles. The third kappa shape index (κ3) is 1.81. The summed E-state index contributed by atoms with van der Waals surface area (Å²) in [6.45, 7) is 2.49. The van der Waals surface area contributed by atoms with E-state index in [1.807, 2.05) is 24.4 Å². The highest BCUT2D eigenvalue weighted by atomic mass is 32.1. The Morgan fingerprint density at radius 3 is 3.07 bits per heavy atom. The summed E-state index contributed by atoms with van der Waals surface area (Å²) in [6, 6.07) is 3.93. The molecule has 2 rings (SSSR count). The van der Waals surface area contributed by atoms with Crippen LogP contribution in [0.3, 0.4) is 0 Å². The normalized spacial score (nSPS) is 10.6. The fourth-order valence-electron chi connectivity index (χ4n) is 1.13. The highest BCUT2D eigenvalue weighted by Crippen LogP contribution is 2.30. The van der Waals surface area contributed by atoms with Crippen LogP contribution in [0.2, 0.25) is 0 Å². The van der Waals surface area contributed by atoms with Crippen molar-refractivity contribution in [2.24, 2.45) is 0 Å². The molecule has 0 unspecified atom stereocenters. The molecule has 0 aliphatic carbocycles. The van der Waals surface area contributed by atoms with E-state index in [2.05, 4.69) is 0 Å². The number of hydrogen-bond donors (Lipinski definition) is 0. The quantitative estimate of drug-likeness (QED) is 0.748. The summed E-state index contributed by atoms with van der Waals surface area (Å²) in [4.78, 5) is 12.2. The van der Waals surface area contributed by atoms with Gasteiger partial charge in [0, 0.05) is 9.40 Å². The number of carbonyl (C=O) groups excluding carboxylic acids is 1. The number of ether oxygens (including phenoxy) is 1. The molecule has 74 valence electrons. The van der Waals surface area contributed by atoms with Crippen LogP contribution in [-0.2, 0) is 4.74 Å². The van der Waals surface area contributed by atoms with E-state index in [4.69, 9.17) is 4.74 Å². The highest BCUT2D eigenvalue weighted by molar-refractivity contribution is 7.27. The van der Waals surface area contributed by atoms with Crippen molar-refractivity contribution in [3.8, 4) is 0 Å². The molecule has 14 heavy (non-hydrogen) atoms. The highest BCUT2D eigenvalue weighted by Gasteiger charge is 2.11. The van der Waals surface area contributed by atoms with E-state index in [1.165, 1.54) is 20.7 Å². The van der Waals surface area contributed by atoms with Gasteiger partial charge in [-0.05, 0) is 23.9 Å². The van der Waals surface area contributed by atoms with Gasteiger partial charge in [-0.1, -0.05) is 6.92 Å². The van der Waals surface area contributed by atoms with E-state index in [0.717, 1.165) is 6.42 Å². The third-order valence-electron chi connectivity index (χ3n) is 1.78. The molecular formula is C10H10O2S2. The van der Waals surface area contributed by atoms with Crippen LogP contribution in [0.1, 0.15) is 23.0 Å². The molecule has 2 aromatic heterocycles. The smallest absolute Gasteiger partial charge is 0.348 e. The van der Waals surface area contributed by atoms with Crippen molar-refractivity contribution in [2.45, 2.75) is 13.3 Å². The minimum absolute atomic E-state index is 0.194. The predicted octanol–water partition coefficient (Wildman–Crippen LogP) is 3.53. The molecule has 2 nitrogen and oxygen atoms in total. The summed E-state index contributed by atoms with van der Waals surface area (Å²) in [7, 11) is 0. The third-order valence-corrected chi connectivity index (χ3v) is 3.85. The van der Waals surface area contributed by atoms with Gasteiger partial charge in [-0.25, -0.2) is 4.79 Å². The molecule has 4 heteroatoms. The van der Waals surface area contributed by atoms with Crippen molar-refractivity contribution in [2.75, 3.05) is 6.61 Å². The van der Waals surface area contributed by atoms with E-state index in [9.17, 15) is 4.79 Å². The molecule has 0 radical (unpaired) electrons. The standard InChI is InChI=1S/C10H10O2S2/c1-2-4-12-10(11)9-6-8-7(14-9)3-5-13-8/h3,5-6H,2,4H2,1H3. The van der Waals surface area contributed by atoms with Gasteiger partial charge in [0.15, 0.2) is 0 Å². The van der Waals surface area contributed by atoms with E-state index in [0.29, 0.717) is 11.5 Å². The number of fused-ring (bicyclic) bond motifs is 1. The molecule has 0 atom stereocenters. The maximum atomic E-state index is 11.5. The van der Waals surface area contributed by atoms with E-state index in [-0.39, 0.29) is 5.97 Å². The molecule has 0 aliphatic rings. The monoisotopic (exact) mass is 226 g/mol. The van der Waals surface area contributed by atoms with Crippen molar-refractivity contribution in [1.29, 1.82) is 0 Å². The van der Waals surface area contributed by atoms with Gasteiger partial charge in [0.2, 0.25) is 0 Å². The van der Waals surface area contributed by atoms with Crippen LogP contribution in [0.5, 0.6) is 0 Å². The first-order valence-electron chi connectivity index (χ1n) is 4.45. The molecule has 0 N–H and O–H groups in total. The van der Waals surface area contributed by atoms with E-state index < -0.39 is 0 Å². The SMILES string of the molecule is CCCOC(=O)c1cc2sccc2s1. The summed E-state index contributed by atoms with van der Waals surface area (Å²) in [5.74, 6) is -0.194. The number of rotatable bonds is 3. The zero-order valence-electron chi connectivity index (χ0n) is 7.78. The van der Waals surface area contributed by atoms with Crippen molar-refractivity contribution in [1.82, 2.24) is 0 Å². The van der Waals surface area contributed by atoms with Crippen molar-refractivity contribution >= 4 is 38.0 Å². The zero-order chi connectivity index (χ0) is 9.97. The van der Waals surface area contributed by atoms with Crippen LogP contribution in [-0.4, -0.2) is 12.6 Å². The van der Waals surface area contributed by atoms with Crippen molar-refractivity contribution in [3.05, 3.63) is 22.4 Å². The Morgan fingerprint density at radius 2 is 2.36 bits per heavy atom. The first kappa shape index (κ1) is 9.68. The van der Waals surface area contributed by atoms with Crippen LogP contribution in [0, 0.1) is 0 Å². The Labute approximate surface area is 90.1 Å². The Kier molecular flexibility index (Phi) is 2.84. The Morgan fingerprint density at radius 1 is 1.50 bits per heavy atom. The van der Waals surface area contributed by atoms with Crippen LogP contribution in [0.25, 0.3) is 9.40 Å². The summed E-state index contributed by atoms with van der Waals surface area (Å²) < 4.78 is 7.38. The van der Waals surface area contributed by atoms with Gasteiger partial charge in [-0.15, -0.1) is 22.7 Å². The van der Waals surface area contributed by atoms with Gasteiger partial charge in [0.1, 0.15) is 4.88 Å². The molecule has 0 saturated carbocycles. The lowest BCUT2D eigenvalue weighted by Gasteiger charge is -1.98.